The summed E-state index contributed by atoms with van der Waals surface area (Å²) < 4.78 is 5.93. The number of piperidine rings is 1. The van der Waals surface area contributed by atoms with Gasteiger partial charge in [-0.1, -0.05) is 25.5 Å². The van der Waals surface area contributed by atoms with Crippen LogP contribution in [-0.4, -0.2) is 30.3 Å². The third kappa shape index (κ3) is 5.63. The summed E-state index contributed by atoms with van der Waals surface area (Å²) in [5.74, 6) is 0.354. The molecule has 7 nitrogen and oxygen atoms in total. The molecule has 1 atom stereocenters. The average Bonchev–Trinajstić information content (AvgIpc) is 2.74. The summed E-state index contributed by atoms with van der Waals surface area (Å²) in [5, 5.41) is 10.5. The summed E-state index contributed by atoms with van der Waals surface area (Å²) in [5.41, 5.74) is 8.59. The fourth-order valence-electron chi connectivity index (χ4n) is 3.73. The normalized spacial score (nSPS) is 14.8. The van der Waals surface area contributed by atoms with Crippen LogP contribution in [0.25, 0.3) is 0 Å². The van der Waals surface area contributed by atoms with E-state index in [1.54, 1.807) is 24.3 Å². The van der Waals surface area contributed by atoms with Gasteiger partial charge in [-0.25, -0.2) is 0 Å². The molecule has 0 aromatic heterocycles. The molecule has 1 aliphatic rings. The van der Waals surface area contributed by atoms with E-state index in [1.165, 1.54) is 0 Å². The monoisotopic (exact) mass is 422 g/mol. The van der Waals surface area contributed by atoms with Crippen molar-refractivity contribution >= 4 is 29.0 Å². The Morgan fingerprint density at radius 2 is 2.06 bits per heavy atom. The van der Waals surface area contributed by atoms with Gasteiger partial charge < -0.3 is 20.7 Å². The lowest BCUT2D eigenvalue weighted by Gasteiger charge is -2.28. The van der Waals surface area contributed by atoms with E-state index < -0.39 is 6.10 Å². The second-order valence-corrected chi connectivity index (χ2v) is 7.83. The van der Waals surface area contributed by atoms with Crippen LogP contribution in [0.15, 0.2) is 42.5 Å². The van der Waals surface area contributed by atoms with Crippen molar-refractivity contribution in [2.24, 2.45) is 5.73 Å². The van der Waals surface area contributed by atoms with Crippen LogP contribution < -0.4 is 20.7 Å². The van der Waals surface area contributed by atoms with E-state index in [0.29, 0.717) is 29.8 Å². The largest absolute Gasteiger partial charge is 0.481 e. The number of nitrogens with one attached hydrogen (secondary N) is 2. The first kappa shape index (κ1) is 22.3. The SMILES string of the molecule is CCC[C@H](Oc1cccc(C(=N)N)c1)C(=O)Nc1ccc(N2CCCCC2=O)c(C)c1. The number of aryl methyl sites for hydroxylation is 1. The van der Waals surface area contributed by atoms with Gasteiger partial charge in [-0.2, -0.15) is 0 Å². The van der Waals surface area contributed by atoms with Crippen molar-refractivity contribution in [3.05, 3.63) is 53.6 Å². The average molecular weight is 423 g/mol. The van der Waals surface area contributed by atoms with Gasteiger partial charge in [0.25, 0.3) is 5.91 Å². The summed E-state index contributed by atoms with van der Waals surface area (Å²) in [4.78, 5) is 27.0. The highest BCUT2D eigenvalue weighted by Crippen LogP contribution is 2.27. The molecule has 31 heavy (non-hydrogen) atoms. The highest BCUT2D eigenvalue weighted by molar-refractivity contribution is 5.97. The van der Waals surface area contributed by atoms with Gasteiger partial charge in [-0.05, 0) is 62.1 Å². The van der Waals surface area contributed by atoms with Crippen LogP contribution in [0.3, 0.4) is 0 Å². The number of rotatable bonds is 8. The second-order valence-electron chi connectivity index (χ2n) is 7.83. The number of ether oxygens (including phenoxy) is 1. The summed E-state index contributed by atoms with van der Waals surface area (Å²) >= 11 is 0. The molecule has 0 aliphatic carbocycles. The van der Waals surface area contributed by atoms with Crippen LogP contribution in [0.1, 0.15) is 50.2 Å². The summed E-state index contributed by atoms with van der Waals surface area (Å²) in [6, 6.07) is 12.5. The molecular weight excluding hydrogens is 392 g/mol. The van der Waals surface area contributed by atoms with E-state index in [0.717, 1.165) is 37.1 Å². The van der Waals surface area contributed by atoms with Crippen molar-refractivity contribution in [1.29, 1.82) is 5.41 Å². The maximum absolute atomic E-state index is 12.9. The molecule has 3 rings (SSSR count). The molecule has 4 N–H and O–H groups in total. The number of nitrogens with two attached hydrogens (primary N) is 1. The van der Waals surface area contributed by atoms with Crippen LogP contribution in [0, 0.1) is 12.3 Å². The molecule has 1 aliphatic heterocycles. The van der Waals surface area contributed by atoms with Gasteiger partial charge in [0.15, 0.2) is 6.10 Å². The molecule has 2 amide bonds. The number of amidine groups is 1. The molecule has 0 spiro atoms. The Morgan fingerprint density at radius 3 is 2.74 bits per heavy atom. The fourth-order valence-corrected chi connectivity index (χ4v) is 3.73. The van der Waals surface area contributed by atoms with Crippen LogP contribution in [-0.2, 0) is 9.59 Å². The number of hydrogen-bond donors (Lipinski definition) is 3. The molecule has 7 heteroatoms. The third-order valence-corrected chi connectivity index (χ3v) is 5.35. The van der Waals surface area contributed by atoms with Gasteiger partial charge >= 0.3 is 0 Å². The van der Waals surface area contributed by atoms with Gasteiger partial charge in [0, 0.05) is 29.9 Å². The lowest BCUT2D eigenvalue weighted by molar-refractivity contribution is -0.123. The number of carbonyl (C=O) groups is 2. The zero-order valence-electron chi connectivity index (χ0n) is 18.1. The van der Waals surface area contributed by atoms with Crippen molar-refractivity contribution in [2.45, 2.75) is 52.1 Å². The minimum atomic E-state index is -0.670. The first-order chi connectivity index (χ1) is 14.9. The number of nitrogens with zero attached hydrogens (tertiary/aromatic N) is 1. The molecule has 1 fully saturated rings. The molecular formula is C24H30N4O3. The molecule has 164 valence electrons. The zero-order chi connectivity index (χ0) is 22.4. The van der Waals surface area contributed by atoms with Crippen molar-refractivity contribution in [2.75, 3.05) is 16.8 Å². The Labute approximate surface area is 183 Å². The second kappa shape index (κ2) is 10.1. The highest BCUT2D eigenvalue weighted by Gasteiger charge is 2.23. The van der Waals surface area contributed by atoms with Crippen LogP contribution in [0.5, 0.6) is 5.75 Å². The van der Waals surface area contributed by atoms with Crippen LogP contribution >= 0.6 is 0 Å². The Bertz CT molecular complexity index is 973. The lowest BCUT2D eigenvalue weighted by Crippen LogP contribution is -2.35. The van der Waals surface area contributed by atoms with Crippen LogP contribution in [0.4, 0.5) is 11.4 Å². The minimum Gasteiger partial charge on any atom is -0.481 e. The number of amides is 2. The Balaban J connectivity index is 1.71. The van der Waals surface area contributed by atoms with E-state index in [9.17, 15) is 9.59 Å². The minimum absolute atomic E-state index is 0.0512. The predicted molar refractivity (Wildman–Crippen MR) is 123 cm³/mol. The van der Waals surface area contributed by atoms with E-state index >= 15 is 0 Å². The van der Waals surface area contributed by atoms with Gasteiger partial charge in [0.2, 0.25) is 5.91 Å². The zero-order valence-corrected chi connectivity index (χ0v) is 18.1. The maximum Gasteiger partial charge on any atom is 0.265 e. The molecule has 1 heterocycles. The molecule has 2 aromatic rings. The first-order valence-electron chi connectivity index (χ1n) is 10.7. The van der Waals surface area contributed by atoms with E-state index in [2.05, 4.69) is 5.32 Å². The topological polar surface area (TPSA) is 109 Å². The van der Waals surface area contributed by atoms with E-state index in [4.69, 9.17) is 15.9 Å². The quantitative estimate of drug-likeness (QED) is 0.441. The number of hydrogen-bond acceptors (Lipinski definition) is 4. The van der Waals surface area contributed by atoms with E-state index in [-0.39, 0.29) is 17.6 Å². The van der Waals surface area contributed by atoms with Crippen molar-refractivity contribution in [3.8, 4) is 5.75 Å². The molecule has 0 saturated carbocycles. The molecule has 2 aromatic carbocycles. The smallest absolute Gasteiger partial charge is 0.265 e. The number of benzene rings is 2. The van der Waals surface area contributed by atoms with Gasteiger partial charge in [0.05, 0.1) is 0 Å². The van der Waals surface area contributed by atoms with E-state index in [1.807, 2.05) is 36.9 Å². The standard InChI is InChI=1S/C24H30N4O3/c1-3-7-21(31-19-9-6-8-17(15-19)23(25)26)24(30)27-18-11-12-20(16(2)14-18)28-13-5-4-10-22(28)29/h6,8-9,11-12,14-15,21H,3-5,7,10,13H2,1-2H3,(H3,25,26)(H,27,30)/t21-/m0/s1. The highest BCUT2D eigenvalue weighted by atomic mass is 16.5. The van der Waals surface area contributed by atoms with Gasteiger partial charge in [-0.15, -0.1) is 0 Å². The Morgan fingerprint density at radius 1 is 1.26 bits per heavy atom. The van der Waals surface area contributed by atoms with Gasteiger partial charge in [0.1, 0.15) is 11.6 Å². The molecule has 1 saturated heterocycles. The molecule has 0 unspecified atom stereocenters. The Kier molecular flexibility index (Phi) is 7.28. The predicted octanol–water partition coefficient (Wildman–Crippen LogP) is 3.98. The van der Waals surface area contributed by atoms with Gasteiger partial charge in [-0.3, -0.25) is 15.0 Å². The summed E-state index contributed by atoms with van der Waals surface area (Å²) in [6.07, 6.45) is 3.19. The number of nitrogen functional groups attached to an aromatic ring is 1. The fraction of sp³-hybridized carbons (Fsp3) is 0.375. The maximum atomic E-state index is 12.9. The number of anilines is 2. The third-order valence-electron chi connectivity index (χ3n) is 5.35. The first-order valence-corrected chi connectivity index (χ1v) is 10.7. The van der Waals surface area contributed by atoms with Crippen molar-refractivity contribution in [3.63, 3.8) is 0 Å². The summed E-state index contributed by atoms with van der Waals surface area (Å²) in [6.45, 7) is 4.67. The van der Waals surface area contributed by atoms with Crippen molar-refractivity contribution < 1.29 is 14.3 Å². The summed E-state index contributed by atoms with van der Waals surface area (Å²) in [7, 11) is 0. The Hall–Kier alpha value is -3.35. The lowest BCUT2D eigenvalue weighted by atomic mass is 10.1. The molecule has 0 radical (unpaired) electrons. The van der Waals surface area contributed by atoms with Crippen LogP contribution in [0.2, 0.25) is 0 Å². The van der Waals surface area contributed by atoms with Crippen molar-refractivity contribution in [1.82, 2.24) is 0 Å². The molecule has 0 bridgehead atoms. The number of carbonyl (C=O) groups excluding carboxylic acids is 2.